The van der Waals surface area contributed by atoms with Gasteiger partial charge in [-0.3, -0.25) is 0 Å². The maximum Gasteiger partial charge on any atom is 0.162 e. The Morgan fingerprint density at radius 3 is 2.76 bits per heavy atom. The normalized spacial score (nSPS) is 12.6. The number of hydrogen-bond acceptors (Lipinski definition) is 4. The van der Waals surface area contributed by atoms with Gasteiger partial charge in [-0.2, -0.15) is 0 Å². The highest BCUT2D eigenvalue weighted by molar-refractivity contribution is 7.11. The van der Waals surface area contributed by atoms with E-state index in [-0.39, 0.29) is 12.5 Å². The molecule has 1 N–H and O–H groups in total. The second-order valence-corrected chi connectivity index (χ2v) is 5.93. The fourth-order valence-electron chi connectivity index (χ4n) is 2.05. The number of nitrogens with zero attached hydrogens (tertiary/aromatic N) is 2. The van der Waals surface area contributed by atoms with E-state index >= 15 is 0 Å². The topological polar surface area (TPSA) is 37.8 Å². The third-order valence-corrected chi connectivity index (χ3v) is 4.24. The van der Waals surface area contributed by atoms with Crippen LogP contribution in [-0.2, 0) is 6.42 Å². The average molecular weight is 311 g/mol. The van der Waals surface area contributed by atoms with Gasteiger partial charge in [0.25, 0.3) is 0 Å². The van der Waals surface area contributed by atoms with Crippen LogP contribution in [0.3, 0.4) is 0 Å². The van der Waals surface area contributed by atoms with E-state index in [4.69, 9.17) is 0 Å². The molecular formula is C15H19F2N3S. The first kappa shape index (κ1) is 16.0. The van der Waals surface area contributed by atoms with Crippen LogP contribution in [-0.4, -0.2) is 16.7 Å². The van der Waals surface area contributed by atoms with Gasteiger partial charge in [-0.25, -0.2) is 8.78 Å². The largest absolute Gasteiger partial charge is 0.308 e. The number of rotatable bonds is 7. The summed E-state index contributed by atoms with van der Waals surface area (Å²) in [6, 6.07) is 4.37. The molecule has 2 aromatic rings. The SMILES string of the molecule is CCCNC(CC)c1nnc(Cc2cccc(F)c2F)s1. The molecule has 2 rings (SSSR count). The lowest BCUT2D eigenvalue weighted by atomic mass is 10.1. The molecule has 1 aromatic heterocycles. The van der Waals surface area contributed by atoms with E-state index in [2.05, 4.69) is 29.4 Å². The number of benzene rings is 1. The molecule has 1 aromatic carbocycles. The summed E-state index contributed by atoms with van der Waals surface area (Å²) >= 11 is 1.45. The van der Waals surface area contributed by atoms with Crippen LogP contribution in [0.4, 0.5) is 8.78 Å². The summed E-state index contributed by atoms with van der Waals surface area (Å²) in [7, 11) is 0. The quantitative estimate of drug-likeness (QED) is 0.844. The number of aromatic nitrogens is 2. The Morgan fingerprint density at radius 1 is 1.24 bits per heavy atom. The second kappa shape index (κ2) is 7.56. The predicted molar refractivity (Wildman–Crippen MR) is 80.4 cm³/mol. The molecule has 0 bridgehead atoms. The van der Waals surface area contributed by atoms with Crippen LogP contribution in [0.5, 0.6) is 0 Å². The Hall–Kier alpha value is -1.40. The molecule has 0 aliphatic rings. The lowest BCUT2D eigenvalue weighted by molar-refractivity contribution is 0.500. The van der Waals surface area contributed by atoms with Crippen LogP contribution >= 0.6 is 11.3 Å². The number of halogens is 2. The van der Waals surface area contributed by atoms with Crippen molar-refractivity contribution < 1.29 is 8.78 Å². The fraction of sp³-hybridized carbons (Fsp3) is 0.467. The highest BCUT2D eigenvalue weighted by Crippen LogP contribution is 2.23. The lowest BCUT2D eigenvalue weighted by Gasteiger charge is -2.12. The van der Waals surface area contributed by atoms with E-state index in [1.165, 1.54) is 17.4 Å². The molecule has 1 unspecified atom stereocenters. The fourth-order valence-corrected chi connectivity index (χ4v) is 3.08. The minimum Gasteiger partial charge on any atom is -0.308 e. The van der Waals surface area contributed by atoms with Crippen molar-refractivity contribution in [3.8, 4) is 0 Å². The van der Waals surface area contributed by atoms with Crippen LogP contribution in [0.25, 0.3) is 0 Å². The van der Waals surface area contributed by atoms with E-state index in [1.54, 1.807) is 6.07 Å². The van der Waals surface area contributed by atoms with Gasteiger partial charge in [0.05, 0.1) is 6.04 Å². The molecular weight excluding hydrogens is 292 g/mol. The van der Waals surface area contributed by atoms with Crippen LogP contribution < -0.4 is 5.32 Å². The zero-order chi connectivity index (χ0) is 15.2. The van der Waals surface area contributed by atoms with Gasteiger partial charge >= 0.3 is 0 Å². The molecule has 0 saturated carbocycles. The van der Waals surface area contributed by atoms with Crippen molar-refractivity contribution in [2.24, 2.45) is 0 Å². The first-order valence-corrected chi connectivity index (χ1v) is 7.95. The lowest BCUT2D eigenvalue weighted by Crippen LogP contribution is -2.21. The maximum atomic E-state index is 13.7. The van der Waals surface area contributed by atoms with E-state index in [9.17, 15) is 8.78 Å². The van der Waals surface area contributed by atoms with Crippen molar-refractivity contribution in [1.29, 1.82) is 0 Å². The molecule has 0 aliphatic heterocycles. The van der Waals surface area contributed by atoms with Crippen molar-refractivity contribution in [3.63, 3.8) is 0 Å². The monoisotopic (exact) mass is 311 g/mol. The molecule has 6 heteroatoms. The standard InChI is InChI=1S/C15H19F2N3S/c1-3-8-18-12(4-2)15-20-19-13(21-15)9-10-6-5-7-11(16)14(10)17/h5-7,12,18H,3-4,8-9H2,1-2H3. The highest BCUT2D eigenvalue weighted by atomic mass is 32.1. The Balaban J connectivity index is 2.10. The zero-order valence-electron chi connectivity index (χ0n) is 12.2. The van der Waals surface area contributed by atoms with Crippen molar-refractivity contribution >= 4 is 11.3 Å². The summed E-state index contributed by atoms with van der Waals surface area (Å²) in [5.41, 5.74) is 0.312. The zero-order valence-corrected chi connectivity index (χ0v) is 13.0. The van der Waals surface area contributed by atoms with Crippen LogP contribution in [0.15, 0.2) is 18.2 Å². The Morgan fingerprint density at radius 2 is 2.05 bits per heavy atom. The summed E-state index contributed by atoms with van der Waals surface area (Å²) in [4.78, 5) is 0. The summed E-state index contributed by atoms with van der Waals surface area (Å²) < 4.78 is 26.8. The molecule has 0 amide bonds. The van der Waals surface area contributed by atoms with Crippen LogP contribution in [0, 0.1) is 11.6 Å². The molecule has 1 atom stereocenters. The van der Waals surface area contributed by atoms with E-state index in [1.807, 2.05) is 0 Å². The van der Waals surface area contributed by atoms with Gasteiger partial charge in [0, 0.05) is 6.42 Å². The molecule has 0 spiro atoms. The van der Waals surface area contributed by atoms with Gasteiger partial charge in [-0.15, -0.1) is 10.2 Å². The Labute approximate surface area is 127 Å². The highest BCUT2D eigenvalue weighted by Gasteiger charge is 2.16. The van der Waals surface area contributed by atoms with E-state index in [0.717, 1.165) is 30.5 Å². The minimum atomic E-state index is -0.826. The minimum absolute atomic E-state index is 0.175. The summed E-state index contributed by atoms with van der Waals surface area (Å²) in [5.74, 6) is -1.63. The van der Waals surface area contributed by atoms with Crippen LogP contribution in [0.2, 0.25) is 0 Å². The Bertz CT molecular complexity index is 586. The van der Waals surface area contributed by atoms with E-state index < -0.39 is 11.6 Å². The third kappa shape index (κ3) is 4.04. The summed E-state index contributed by atoms with van der Waals surface area (Å²) in [6.45, 7) is 5.12. The van der Waals surface area contributed by atoms with Crippen molar-refractivity contribution in [1.82, 2.24) is 15.5 Å². The summed E-state index contributed by atoms with van der Waals surface area (Å²) in [5, 5.41) is 13.3. The van der Waals surface area contributed by atoms with Crippen molar-refractivity contribution in [2.45, 2.75) is 39.2 Å². The van der Waals surface area contributed by atoms with Gasteiger partial charge in [-0.05, 0) is 31.0 Å². The second-order valence-electron chi connectivity index (χ2n) is 4.84. The molecule has 1 heterocycles. The van der Waals surface area contributed by atoms with Crippen LogP contribution in [0.1, 0.15) is 48.3 Å². The third-order valence-electron chi connectivity index (χ3n) is 3.20. The van der Waals surface area contributed by atoms with Gasteiger partial charge in [0.1, 0.15) is 10.0 Å². The molecule has 114 valence electrons. The average Bonchev–Trinajstić information content (AvgIpc) is 2.93. The molecule has 21 heavy (non-hydrogen) atoms. The van der Waals surface area contributed by atoms with Crippen molar-refractivity contribution in [2.75, 3.05) is 6.54 Å². The Kier molecular flexibility index (Phi) is 5.76. The first-order valence-electron chi connectivity index (χ1n) is 7.14. The molecule has 3 nitrogen and oxygen atoms in total. The molecule has 0 fully saturated rings. The smallest absolute Gasteiger partial charge is 0.162 e. The van der Waals surface area contributed by atoms with Gasteiger partial charge in [-0.1, -0.05) is 37.3 Å². The maximum absolute atomic E-state index is 13.7. The number of hydrogen-bond donors (Lipinski definition) is 1. The predicted octanol–water partition coefficient (Wildman–Crippen LogP) is 3.86. The first-order chi connectivity index (χ1) is 10.2. The van der Waals surface area contributed by atoms with Gasteiger partial charge in [0.15, 0.2) is 11.6 Å². The van der Waals surface area contributed by atoms with Gasteiger partial charge < -0.3 is 5.32 Å². The van der Waals surface area contributed by atoms with Crippen molar-refractivity contribution in [3.05, 3.63) is 45.4 Å². The number of nitrogens with one attached hydrogen (secondary N) is 1. The van der Waals surface area contributed by atoms with Gasteiger partial charge in [0.2, 0.25) is 0 Å². The molecule has 0 radical (unpaired) electrons. The molecule has 0 aliphatic carbocycles. The summed E-state index contributed by atoms with van der Waals surface area (Å²) in [6.07, 6.45) is 2.24. The van der Waals surface area contributed by atoms with E-state index in [0.29, 0.717) is 10.6 Å². The molecule has 0 saturated heterocycles.